The van der Waals surface area contributed by atoms with Gasteiger partial charge < -0.3 is 24.8 Å². The van der Waals surface area contributed by atoms with Gasteiger partial charge in [0.2, 0.25) is 0 Å². The Morgan fingerprint density at radius 1 is 1.36 bits per heavy atom. The van der Waals surface area contributed by atoms with Crippen LogP contribution in [0.3, 0.4) is 0 Å². The predicted octanol–water partition coefficient (Wildman–Crippen LogP) is 1.86. The van der Waals surface area contributed by atoms with Crippen LogP contribution in [0.15, 0.2) is 18.2 Å². The summed E-state index contributed by atoms with van der Waals surface area (Å²) in [6.07, 6.45) is 2.23. The molecule has 2 N–H and O–H groups in total. The third-order valence-electron chi connectivity index (χ3n) is 3.48. The first-order valence-corrected chi connectivity index (χ1v) is 7.60. The van der Waals surface area contributed by atoms with E-state index in [-0.39, 0.29) is 12.1 Å². The molecule has 2 amide bonds. The molecule has 0 bridgehead atoms. The van der Waals surface area contributed by atoms with Gasteiger partial charge in [0, 0.05) is 13.2 Å². The molecule has 1 aromatic rings. The van der Waals surface area contributed by atoms with E-state index in [1.165, 1.54) is 0 Å². The van der Waals surface area contributed by atoms with Crippen molar-refractivity contribution in [2.75, 3.05) is 33.4 Å². The second-order valence-corrected chi connectivity index (χ2v) is 5.27. The minimum absolute atomic E-state index is 0.152. The second-order valence-electron chi connectivity index (χ2n) is 5.27. The van der Waals surface area contributed by atoms with Gasteiger partial charge >= 0.3 is 6.03 Å². The summed E-state index contributed by atoms with van der Waals surface area (Å²) in [5, 5.41) is 5.55. The summed E-state index contributed by atoms with van der Waals surface area (Å²) in [6.45, 7) is 4.14. The molecule has 2 rings (SSSR count). The van der Waals surface area contributed by atoms with Crippen LogP contribution in [-0.2, 0) is 4.74 Å². The molecule has 0 saturated carbocycles. The average molecular weight is 308 g/mol. The molecule has 122 valence electrons. The van der Waals surface area contributed by atoms with Gasteiger partial charge in [0.1, 0.15) is 6.61 Å². The van der Waals surface area contributed by atoms with E-state index < -0.39 is 0 Å². The van der Waals surface area contributed by atoms with E-state index in [1.807, 2.05) is 25.1 Å². The van der Waals surface area contributed by atoms with Gasteiger partial charge in [-0.2, -0.15) is 0 Å². The second kappa shape index (κ2) is 8.48. The number of ether oxygens (including phenoxy) is 3. The molecule has 0 spiro atoms. The van der Waals surface area contributed by atoms with Gasteiger partial charge in [0.15, 0.2) is 11.5 Å². The Hall–Kier alpha value is -1.95. The Bertz CT molecular complexity index is 487. The molecular weight excluding hydrogens is 284 g/mol. The number of benzene rings is 1. The monoisotopic (exact) mass is 308 g/mol. The summed E-state index contributed by atoms with van der Waals surface area (Å²) in [5.74, 6) is 1.37. The van der Waals surface area contributed by atoms with E-state index in [9.17, 15) is 4.79 Å². The normalized spacial score (nSPS) is 17.1. The lowest BCUT2D eigenvalue weighted by molar-refractivity contribution is 0.111. The molecule has 1 aliphatic heterocycles. The van der Waals surface area contributed by atoms with Crippen molar-refractivity contribution in [3.05, 3.63) is 23.8 Å². The maximum Gasteiger partial charge on any atom is 0.315 e. The van der Waals surface area contributed by atoms with Gasteiger partial charge in [-0.25, -0.2) is 4.79 Å². The van der Waals surface area contributed by atoms with Gasteiger partial charge in [-0.3, -0.25) is 0 Å². The van der Waals surface area contributed by atoms with Crippen molar-refractivity contribution in [2.24, 2.45) is 0 Å². The van der Waals surface area contributed by atoms with Crippen molar-refractivity contribution in [3.63, 3.8) is 0 Å². The fraction of sp³-hybridized carbons (Fsp3) is 0.562. The van der Waals surface area contributed by atoms with E-state index in [0.29, 0.717) is 31.2 Å². The molecule has 0 aliphatic carbocycles. The van der Waals surface area contributed by atoms with Crippen LogP contribution in [0, 0.1) is 6.92 Å². The molecule has 1 atom stereocenters. The molecule has 6 heteroatoms. The minimum atomic E-state index is -0.199. The summed E-state index contributed by atoms with van der Waals surface area (Å²) in [6, 6.07) is 5.54. The van der Waals surface area contributed by atoms with E-state index >= 15 is 0 Å². The molecule has 1 aliphatic rings. The number of hydrogen-bond donors (Lipinski definition) is 2. The number of urea groups is 1. The third-order valence-corrected chi connectivity index (χ3v) is 3.48. The number of hydrogen-bond acceptors (Lipinski definition) is 4. The first-order valence-electron chi connectivity index (χ1n) is 7.60. The summed E-state index contributed by atoms with van der Waals surface area (Å²) in [7, 11) is 1.61. The fourth-order valence-corrected chi connectivity index (χ4v) is 2.29. The van der Waals surface area contributed by atoms with Gasteiger partial charge in [0.05, 0.1) is 19.8 Å². The number of nitrogens with one attached hydrogen (secondary N) is 2. The summed E-state index contributed by atoms with van der Waals surface area (Å²) < 4.78 is 16.3. The zero-order chi connectivity index (χ0) is 15.8. The molecule has 1 saturated heterocycles. The van der Waals surface area contributed by atoms with Crippen molar-refractivity contribution in [3.8, 4) is 11.5 Å². The van der Waals surface area contributed by atoms with Crippen LogP contribution in [0.25, 0.3) is 0 Å². The van der Waals surface area contributed by atoms with Crippen molar-refractivity contribution >= 4 is 6.03 Å². The van der Waals surface area contributed by atoms with Crippen molar-refractivity contribution in [1.29, 1.82) is 0 Å². The number of carbonyl (C=O) groups is 1. The van der Waals surface area contributed by atoms with E-state index in [2.05, 4.69) is 10.6 Å². The highest BCUT2D eigenvalue weighted by Crippen LogP contribution is 2.27. The quantitative estimate of drug-likeness (QED) is 0.755. The number of rotatable bonds is 7. The zero-order valence-corrected chi connectivity index (χ0v) is 13.2. The molecule has 1 unspecified atom stereocenters. The molecular formula is C16H24N2O4. The van der Waals surface area contributed by atoms with Gasteiger partial charge in [0.25, 0.3) is 0 Å². The predicted molar refractivity (Wildman–Crippen MR) is 83.6 cm³/mol. The SMILES string of the molecule is COc1cc(C)ccc1OCCNC(=O)NCC1CCCO1. The van der Waals surface area contributed by atoms with Crippen LogP contribution < -0.4 is 20.1 Å². The average Bonchev–Trinajstić information content (AvgIpc) is 3.04. The lowest BCUT2D eigenvalue weighted by Gasteiger charge is -2.13. The molecule has 0 radical (unpaired) electrons. The maximum atomic E-state index is 11.6. The van der Waals surface area contributed by atoms with Crippen molar-refractivity contribution < 1.29 is 19.0 Å². The van der Waals surface area contributed by atoms with Crippen LogP contribution >= 0.6 is 0 Å². The largest absolute Gasteiger partial charge is 0.493 e. The minimum Gasteiger partial charge on any atom is -0.493 e. The molecule has 1 fully saturated rings. The van der Waals surface area contributed by atoms with E-state index in [4.69, 9.17) is 14.2 Å². The lowest BCUT2D eigenvalue weighted by atomic mass is 10.2. The Kier molecular flexibility index (Phi) is 6.33. The summed E-state index contributed by atoms with van der Waals surface area (Å²) >= 11 is 0. The Morgan fingerprint density at radius 3 is 2.95 bits per heavy atom. The fourth-order valence-electron chi connectivity index (χ4n) is 2.29. The first-order chi connectivity index (χ1) is 10.7. The molecule has 6 nitrogen and oxygen atoms in total. The molecule has 22 heavy (non-hydrogen) atoms. The van der Waals surface area contributed by atoms with E-state index in [1.54, 1.807) is 7.11 Å². The standard InChI is InChI=1S/C16H24N2O4/c1-12-5-6-14(15(10-12)20-2)22-9-7-17-16(19)18-11-13-4-3-8-21-13/h5-6,10,13H,3-4,7-9,11H2,1-2H3,(H2,17,18,19). The molecule has 1 aromatic carbocycles. The van der Waals surface area contributed by atoms with Crippen molar-refractivity contribution in [2.45, 2.75) is 25.9 Å². The van der Waals surface area contributed by atoms with Crippen LogP contribution in [0.5, 0.6) is 11.5 Å². The van der Waals surface area contributed by atoms with Crippen LogP contribution in [0.1, 0.15) is 18.4 Å². The molecule has 1 heterocycles. The highest BCUT2D eigenvalue weighted by Gasteiger charge is 2.15. The lowest BCUT2D eigenvalue weighted by Crippen LogP contribution is -2.41. The zero-order valence-electron chi connectivity index (χ0n) is 13.2. The summed E-state index contributed by atoms with van der Waals surface area (Å²) in [4.78, 5) is 11.6. The van der Waals surface area contributed by atoms with Crippen LogP contribution in [0.4, 0.5) is 4.79 Å². The van der Waals surface area contributed by atoms with Crippen LogP contribution in [0.2, 0.25) is 0 Å². The maximum absolute atomic E-state index is 11.6. The number of amides is 2. The third kappa shape index (κ3) is 5.11. The number of carbonyl (C=O) groups excluding carboxylic acids is 1. The van der Waals surface area contributed by atoms with Gasteiger partial charge in [-0.1, -0.05) is 6.07 Å². The van der Waals surface area contributed by atoms with Crippen LogP contribution in [-0.4, -0.2) is 45.5 Å². The van der Waals surface area contributed by atoms with E-state index in [0.717, 1.165) is 25.0 Å². The van der Waals surface area contributed by atoms with Gasteiger partial charge in [-0.05, 0) is 37.5 Å². The summed E-state index contributed by atoms with van der Waals surface area (Å²) in [5.41, 5.74) is 1.11. The smallest absolute Gasteiger partial charge is 0.315 e. The topological polar surface area (TPSA) is 68.8 Å². The van der Waals surface area contributed by atoms with Crippen molar-refractivity contribution in [1.82, 2.24) is 10.6 Å². The highest BCUT2D eigenvalue weighted by atomic mass is 16.5. The van der Waals surface area contributed by atoms with Gasteiger partial charge in [-0.15, -0.1) is 0 Å². The Balaban J connectivity index is 1.63. The first kappa shape index (κ1) is 16.4. The Labute approximate surface area is 131 Å². The Morgan fingerprint density at radius 2 is 2.23 bits per heavy atom. The highest BCUT2D eigenvalue weighted by molar-refractivity contribution is 5.73. The number of methoxy groups -OCH3 is 1. The molecule has 0 aromatic heterocycles. The number of aryl methyl sites for hydroxylation is 1.